The molecule has 200 valence electrons. The molecule has 2 aromatic rings. The first-order valence-corrected chi connectivity index (χ1v) is 13.6. The molecule has 4 rings (SSSR count). The van der Waals surface area contributed by atoms with Crippen LogP contribution in [0.25, 0.3) is 0 Å². The number of aromatic hydroxyl groups is 1. The lowest BCUT2D eigenvalue weighted by Crippen LogP contribution is -2.43. The second kappa shape index (κ2) is 11.7. The van der Waals surface area contributed by atoms with Gasteiger partial charge in [0.05, 0.1) is 7.11 Å². The van der Waals surface area contributed by atoms with Crippen LogP contribution in [0.5, 0.6) is 11.5 Å². The van der Waals surface area contributed by atoms with Crippen molar-refractivity contribution in [2.75, 3.05) is 34.4 Å². The van der Waals surface area contributed by atoms with Crippen LogP contribution in [0.2, 0.25) is 0 Å². The zero-order valence-corrected chi connectivity index (χ0v) is 23.4. The highest BCUT2D eigenvalue weighted by molar-refractivity contribution is 5.37. The van der Waals surface area contributed by atoms with E-state index in [1.54, 1.807) is 7.11 Å². The van der Waals surface area contributed by atoms with Gasteiger partial charge in [0.25, 0.3) is 0 Å². The third-order valence-electron chi connectivity index (χ3n) is 8.39. The molecule has 0 saturated carbocycles. The number of aryl methyl sites for hydroxylation is 1. The molecule has 37 heavy (non-hydrogen) atoms. The minimum atomic E-state index is -0.0212. The minimum absolute atomic E-state index is 0.0212. The van der Waals surface area contributed by atoms with Gasteiger partial charge in [0.15, 0.2) is 0 Å². The third kappa shape index (κ3) is 6.58. The molecule has 1 N–H and O–H groups in total. The molecular formula is C32H44N2O3. The second-order valence-corrected chi connectivity index (χ2v) is 11.4. The van der Waals surface area contributed by atoms with Crippen molar-refractivity contribution in [3.8, 4) is 11.5 Å². The lowest BCUT2D eigenvalue weighted by atomic mass is 9.72. The molecule has 2 aromatic carbocycles. The van der Waals surface area contributed by atoms with E-state index in [-0.39, 0.29) is 11.6 Å². The lowest BCUT2D eigenvalue weighted by molar-refractivity contribution is 0.114. The first-order valence-electron chi connectivity index (χ1n) is 13.6. The number of hydrogen-bond acceptors (Lipinski definition) is 5. The van der Waals surface area contributed by atoms with Crippen molar-refractivity contribution in [3.05, 3.63) is 83.1 Å². The van der Waals surface area contributed by atoms with Crippen LogP contribution in [0.15, 0.2) is 66.5 Å². The van der Waals surface area contributed by atoms with Crippen LogP contribution in [0.3, 0.4) is 0 Å². The average molecular weight is 505 g/mol. The van der Waals surface area contributed by atoms with Gasteiger partial charge in [-0.05, 0) is 119 Å². The molecule has 0 saturated heterocycles. The summed E-state index contributed by atoms with van der Waals surface area (Å²) < 4.78 is 11.7. The predicted octanol–water partition coefficient (Wildman–Crippen LogP) is 5.82. The lowest BCUT2D eigenvalue weighted by Gasteiger charge is -2.41. The monoisotopic (exact) mass is 504 g/mol. The number of methoxy groups -OCH3 is 1. The molecule has 2 aliphatic rings. The van der Waals surface area contributed by atoms with Crippen LogP contribution in [-0.2, 0) is 24.1 Å². The minimum Gasteiger partial charge on any atom is -0.508 e. The number of likely N-dealkylation sites (N-methyl/N-ethyl adjacent to an activating group) is 2. The van der Waals surface area contributed by atoms with Gasteiger partial charge in [-0.25, -0.2) is 0 Å². The number of ether oxygens (including phenoxy) is 2. The van der Waals surface area contributed by atoms with Crippen molar-refractivity contribution in [2.45, 2.75) is 58.2 Å². The summed E-state index contributed by atoms with van der Waals surface area (Å²) in [5.74, 6) is 3.19. The number of benzene rings is 2. The van der Waals surface area contributed by atoms with E-state index in [0.29, 0.717) is 24.2 Å². The molecule has 5 nitrogen and oxygen atoms in total. The Hall–Kier alpha value is -2.76. The highest BCUT2D eigenvalue weighted by Gasteiger charge is 2.34. The molecule has 0 amide bonds. The van der Waals surface area contributed by atoms with E-state index in [1.165, 1.54) is 16.7 Å². The van der Waals surface area contributed by atoms with Gasteiger partial charge in [0, 0.05) is 18.1 Å². The highest BCUT2D eigenvalue weighted by atomic mass is 16.5. The third-order valence-corrected chi connectivity index (χ3v) is 8.39. The number of phenols is 1. The summed E-state index contributed by atoms with van der Waals surface area (Å²) in [6.45, 7) is 9.09. The Balaban J connectivity index is 1.47. The van der Waals surface area contributed by atoms with E-state index in [0.717, 1.165) is 43.9 Å². The van der Waals surface area contributed by atoms with Gasteiger partial charge in [-0.3, -0.25) is 4.90 Å². The van der Waals surface area contributed by atoms with Gasteiger partial charge >= 0.3 is 0 Å². The average Bonchev–Trinajstić information content (AvgIpc) is 2.90. The first-order chi connectivity index (χ1) is 17.7. The van der Waals surface area contributed by atoms with Gasteiger partial charge in [-0.1, -0.05) is 31.2 Å². The van der Waals surface area contributed by atoms with Crippen molar-refractivity contribution < 1.29 is 14.6 Å². The smallest absolute Gasteiger partial charge is 0.119 e. The summed E-state index contributed by atoms with van der Waals surface area (Å²) in [4.78, 5) is 4.75. The van der Waals surface area contributed by atoms with Crippen LogP contribution in [0.1, 0.15) is 43.9 Å². The largest absolute Gasteiger partial charge is 0.508 e. The second-order valence-electron chi connectivity index (χ2n) is 11.4. The molecule has 0 radical (unpaired) electrons. The first kappa shape index (κ1) is 27.3. The summed E-state index contributed by atoms with van der Waals surface area (Å²) in [5.41, 5.74) is 3.93. The van der Waals surface area contributed by atoms with E-state index in [1.807, 2.05) is 12.1 Å². The summed E-state index contributed by atoms with van der Waals surface area (Å²) in [5, 5.41) is 9.90. The topological polar surface area (TPSA) is 45.2 Å². The summed E-state index contributed by atoms with van der Waals surface area (Å²) >= 11 is 0. The van der Waals surface area contributed by atoms with Crippen molar-refractivity contribution in [1.29, 1.82) is 0 Å². The quantitative estimate of drug-likeness (QED) is 0.442. The predicted molar refractivity (Wildman–Crippen MR) is 151 cm³/mol. The number of hydrogen-bond donors (Lipinski definition) is 1. The molecule has 0 fully saturated rings. The van der Waals surface area contributed by atoms with Crippen LogP contribution in [-0.4, -0.2) is 60.8 Å². The summed E-state index contributed by atoms with van der Waals surface area (Å²) in [6, 6.07) is 14.7. The fourth-order valence-electron chi connectivity index (χ4n) is 5.42. The Morgan fingerprint density at radius 3 is 2.49 bits per heavy atom. The van der Waals surface area contributed by atoms with Gasteiger partial charge < -0.3 is 19.5 Å². The molecule has 0 heterocycles. The molecule has 0 spiro atoms. The van der Waals surface area contributed by atoms with Crippen molar-refractivity contribution in [3.63, 3.8) is 0 Å². The zero-order valence-electron chi connectivity index (χ0n) is 23.4. The van der Waals surface area contributed by atoms with Crippen molar-refractivity contribution >= 4 is 0 Å². The number of nitrogens with zero attached hydrogens (tertiary/aromatic N) is 2. The molecule has 3 atom stereocenters. The van der Waals surface area contributed by atoms with Crippen molar-refractivity contribution in [2.24, 2.45) is 11.8 Å². The highest BCUT2D eigenvalue weighted by Crippen LogP contribution is 2.38. The van der Waals surface area contributed by atoms with E-state index >= 15 is 0 Å². The summed E-state index contributed by atoms with van der Waals surface area (Å²) in [7, 11) is 5.92. The Kier molecular flexibility index (Phi) is 8.66. The Labute approximate surface area is 223 Å². The van der Waals surface area contributed by atoms with E-state index in [2.05, 4.69) is 93.2 Å². The van der Waals surface area contributed by atoms with Crippen molar-refractivity contribution in [1.82, 2.24) is 9.80 Å². The van der Waals surface area contributed by atoms with Crippen LogP contribution < -0.4 is 4.74 Å². The van der Waals surface area contributed by atoms with E-state index < -0.39 is 0 Å². The van der Waals surface area contributed by atoms with Gasteiger partial charge in [0.1, 0.15) is 23.9 Å². The Bertz CT molecular complexity index is 1100. The fraction of sp³-hybridized carbons (Fsp3) is 0.500. The normalized spacial score (nSPS) is 21.6. The summed E-state index contributed by atoms with van der Waals surface area (Å²) in [6.07, 6.45) is 10.0. The van der Waals surface area contributed by atoms with Gasteiger partial charge in [-0.15, -0.1) is 0 Å². The number of fused-ring (bicyclic) bond motifs is 1. The maximum absolute atomic E-state index is 9.90. The van der Waals surface area contributed by atoms with E-state index in [9.17, 15) is 5.11 Å². The zero-order chi connectivity index (χ0) is 26.6. The maximum Gasteiger partial charge on any atom is 0.119 e. The maximum atomic E-state index is 9.90. The number of allylic oxidation sites excluding steroid dienone is 1. The fourth-order valence-corrected chi connectivity index (χ4v) is 5.42. The van der Waals surface area contributed by atoms with Crippen LogP contribution in [0, 0.1) is 11.8 Å². The Morgan fingerprint density at radius 1 is 1.05 bits per heavy atom. The molecule has 0 bridgehead atoms. The van der Waals surface area contributed by atoms with Crippen LogP contribution in [0.4, 0.5) is 0 Å². The molecule has 0 aliphatic heterocycles. The molecule has 5 heteroatoms. The van der Waals surface area contributed by atoms with Gasteiger partial charge in [-0.2, -0.15) is 0 Å². The SMILES string of the molecule is CCN(Cc1ccc(OCC(C)(C)N(C)C)cc1)C1C=C(OC)C=CC1[C@@H]1CCc2cc(O)ccc2C1. The molecule has 0 aromatic heterocycles. The molecule has 2 aliphatic carbocycles. The number of phenolic OH excluding ortho intramolecular Hbond substituents is 1. The Morgan fingerprint density at radius 2 is 1.81 bits per heavy atom. The van der Waals surface area contributed by atoms with Gasteiger partial charge in [0.2, 0.25) is 0 Å². The van der Waals surface area contributed by atoms with Crippen LogP contribution >= 0.6 is 0 Å². The molecular weight excluding hydrogens is 460 g/mol. The standard InChI is InChI=1S/C32H44N2O3/c1-7-34(21-23-8-14-28(15-9-23)37-22-32(2,3)33(4)5)31-20-29(36-6)16-17-30(31)26-11-10-25-19-27(35)13-12-24(25)18-26/h8-9,12-17,19-20,26,30-31,35H,7,10-11,18,21-22H2,1-6H3/t26-,30?,31?/m1/s1. The molecule has 2 unspecified atom stereocenters. The number of rotatable bonds is 10. The van der Waals surface area contributed by atoms with E-state index in [4.69, 9.17) is 9.47 Å².